The summed E-state index contributed by atoms with van der Waals surface area (Å²) in [6.45, 7) is 0.783. The van der Waals surface area contributed by atoms with Crippen LogP contribution in [0, 0.1) is 11.8 Å². The molecule has 0 aromatic heterocycles. The van der Waals surface area contributed by atoms with Crippen molar-refractivity contribution >= 4 is 23.5 Å². The van der Waals surface area contributed by atoms with Crippen LogP contribution in [-0.4, -0.2) is 47.5 Å². The Bertz CT molecular complexity index is 663. The van der Waals surface area contributed by atoms with E-state index in [2.05, 4.69) is 5.32 Å². The fourth-order valence-corrected chi connectivity index (χ4v) is 2.87. The number of piperidine rings is 1. The molecule has 0 bridgehead atoms. The van der Waals surface area contributed by atoms with Gasteiger partial charge in [-0.3, -0.25) is 14.4 Å². The third-order valence-corrected chi connectivity index (χ3v) is 4.61. The summed E-state index contributed by atoms with van der Waals surface area (Å²) < 4.78 is 5.53. The number of likely N-dealkylation sites (tertiary alicyclic amines) is 1. The highest BCUT2D eigenvalue weighted by Crippen LogP contribution is 2.30. The number of anilines is 1. The molecule has 2 amide bonds. The van der Waals surface area contributed by atoms with E-state index in [9.17, 15) is 14.4 Å². The second-order valence-electron chi connectivity index (χ2n) is 6.57. The maximum absolute atomic E-state index is 12.2. The predicted octanol–water partition coefficient (Wildman–Crippen LogP) is 1.74. The molecule has 2 fully saturated rings. The molecule has 2 aliphatic rings. The van der Waals surface area contributed by atoms with Crippen molar-refractivity contribution in [1.82, 2.24) is 4.90 Å². The molecule has 2 N–H and O–H groups in total. The Morgan fingerprint density at radius 1 is 1.12 bits per heavy atom. The Morgan fingerprint density at radius 2 is 1.84 bits per heavy atom. The SMILES string of the molecule is O=C(O)C1CCN(C(=O)COc2cccc(NC(=O)C3CC3)c2)CC1. The van der Waals surface area contributed by atoms with Gasteiger partial charge in [-0.2, -0.15) is 0 Å². The highest BCUT2D eigenvalue weighted by atomic mass is 16.5. The monoisotopic (exact) mass is 346 g/mol. The van der Waals surface area contributed by atoms with Crippen LogP contribution >= 0.6 is 0 Å². The molecule has 0 atom stereocenters. The number of carbonyl (C=O) groups excluding carboxylic acids is 2. The van der Waals surface area contributed by atoms with Crippen molar-refractivity contribution in [3.8, 4) is 5.75 Å². The van der Waals surface area contributed by atoms with Gasteiger partial charge in [0.1, 0.15) is 5.75 Å². The number of aliphatic carboxylic acids is 1. The van der Waals surface area contributed by atoms with Crippen molar-refractivity contribution in [3.05, 3.63) is 24.3 Å². The molecule has 1 saturated heterocycles. The first kappa shape index (κ1) is 17.3. The molecule has 1 aliphatic carbocycles. The summed E-state index contributed by atoms with van der Waals surface area (Å²) in [4.78, 5) is 36.5. The molecule has 1 aliphatic heterocycles. The van der Waals surface area contributed by atoms with Crippen LogP contribution in [0.3, 0.4) is 0 Å². The van der Waals surface area contributed by atoms with E-state index in [4.69, 9.17) is 9.84 Å². The molecule has 1 heterocycles. The van der Waals surface area contributed by atoms with E-state index in [1.165, 1.54) is 0 Å². The Balaban J connectivity index is 1.47. The van der Waals surface area contributed by atoms with Crippen molar-refractivity contribution in [3.63, 3.8) is 0 Å². The van der Waals surface area contributed by atoms with Crippen LogP contribution in [0.15, 0.2) is 24.3 Å². The van der Waals surface area contributed by atoms with E-state index < -0.39 is 5.97 Å². The highest BCUT2D eigenvalue weighted by molar-refractivity contribution is 5.94. The van der Waals surface area contributed by atoms with Gasteiger partial charge in [0.15, 0.2) is 6.61 Å². The smallest absolute Gasteiger partial charge is 0.306 e. The number of carboxylic acid groups (broad SMARTS) is 1. The predicted molar refractivity (Wildman–Crippen MR) is 90.2 cm³/mol. The number of hydrogen-bond donors (Lipinski definition) is 2. The summed E-state index contributed by atoms with van der Waals surface area (Å²) in [5.74, 6) is -0.654. The van der Waals surface area contributed by atoms with Crippen LogP contribution in [0.2, 0.25) is 0 Å². The molecule has 7 heteroatoms. The minimum absolute atomic E-state index is 0.0227. The fourth-order valence-electron chi connectivity index (χ4n) is 2.87. The average Bonchev–Trinajstić information content (AvgIpc) is 3.45. The molecule has 3 rings (SSSR count). The summed E-state index contributed by atoms with van der Waals surface area (Å²) in [6, 6.07) is 6.98. The summed E-state index contributed by atoms with van der Waals surface area (Å²) in [6.07, 6.45) is 2.83. The largest absolute Gasteiger partial charge is 0.484 e. The number of rotatable bonds is 6. The molecular formula is C18H22N2O5. The zero-order valence-corrected chi connectivity index (χ0v) is 13.9. The second kappa shape index (κ2) is 7.55. The zero-order chi connectivity index (χ0) is 17.8. The van der Waals surface area contributed by atoms with Crippen molar-refractivity contribution in [2.75, 3.05) is 25.0 Å². The van der Waals surface area contributed by atoms with Crippen molar-refractivity contribution in [2.45, 2.75) is 25.7 Å². The topological polar surface area (TPSA) is 95.9 Å². The van der Waals surface area contributed by atoms with Gasteiger partial charge in [0, 0.05) is 30.8 Å². The Morgan fingerprint density at radius 3 is 2.48 bits per heavy atom. The molecule has 0 unspecified atom stereocenters. The first-order valence-corrected chi connectivity index (χ1v) is 8.57. The molecule has 134 valence electrons. The number of nitrogens with zero attached hydrogens (tertiary/aromatic N) is 1. The van der Waals surface area contributed by atoms with Gasteiger partial charge in [0.2, 0.25) is 5.91 Å². The van der Waals surface area contributed by atoms with Crippen LogP contribution in [0.4, 0.5) is 5.69 Å². The molecule has 0 spiro atoms. The lowest BCUT2D eigenvalue weighted by molar-refractivity contribution is -0.146. The van der Waals surface area contributed by atoms with E-state index in [1.807, 2.05) is 0 Å². The molecular weight excluding hydrogens is 324 g/mol. The number of benzene rings is 1. The molecule has 1 aromatic rings. The quantitative estimate of drug-likeness (QED) is 0.818. The lowest BCUT2D eigenvalue weighted by atomic mass is 9.97. The third kappa shape index (κ3) is 4.71. The minimum atomic E-state index is -0.798. The van der Waals surface area contributed by atoms with E-state index in [0.717, 1.165) is 12.8 Å². The number of carboxylic acids is 1. The molecule has 0 radical (unpaired) electrons. The second-order valence-corrected chi connectivity index (χ2v) is 6.57. The van der Waals surface area contributed by atoms with E-state index in [0.29, 0.717) is 37.4 Å². The first-order valence-electron chi connectivity index (χ1n) is 8.57. The Labute approximate surface area is 146 Å². The van der Waals surface area contributed by atoms with Crippen LogP contribution in [0.1, 0.15) is 25.7 Å². The minimum Gasteiger partial charge on any atom is -0.484 e. The number of carbonyl (C=O) groups is 3. The number of hydrogen-bond acceptors (Lipinski definition) is 4. The maximum Gasteiger partial charge on any atom is 0.306 e. The number of nitrogens with one attached hydrogen (secondary N) is 1. The molecule has 1 aromatic carbocycles. The van der Waals surface area contributed by atoms with E-state index >= 15 is 0 Å². The molecule has 25 heavy (non-hydrogen) atoms. The summed E-state index contributed by atoms with van der Waals surface area (Å²) in [5.41, 5.74) is 0.657. The van der Waals surface area contributed by atoms with Crippen molar-refractivity contribution in [2.24, 2.45) is 11.8 Å². The summed E-state index contributed by atoms with van der Waals surface area (Å²) in [7, 11) is 0. The standard InChI is InChI=1S/C18H22N2O5/c21-16(20-8-6-13(7-9-20)18(23)24)11-25-15-3-1-2-14(10-15)19-17(22)12-4-5-12/h1-3,10,12-13H,4-9,11H2,(H,19,22)(H,23,24). The van der Waals surface area contributed by atoms with Crippen LogP contribution in [0.5, 0.6) is 5.75 Å². The van der Waals surface area contributed by atoms with Crippen molar-refractivity contribution in [1.29, 1.82) is 0 Å². The van der Waals surface area contributed by atoms with Gasteiger partial charge >= 0.3 is 5.97 Å². The fraction of sp³-hybridized carbons (Fsp3) is 0.500. The molecule has 1 saturated carbocycles. The summed E-state index contributed by atoms with van der Waals surface area (Å²) >= 11 is 0. The van der Waals surface area contributed by atoms with E-state index in [-0.39, 0.29) is 30.3 Å². The van der Waals surface area contributed by atoms with Crippen LogP contribution < -0.4 is 10.1 Å². The lowest BCUT2D eigenvalue weighted by Crippen LogP contribution is -2.42. The lowest BCUT2D eigenvalue weighted by Gasteiger charge is -2.30. The first-order chi connectivity index (χ1) is 12.0. The molecule has 7 nitrogen and oxygen atoms in total. The zero-order valence-electron chi connectivity index (χ0n) is 13.9. The Hall–Kier alpha value is -2.57. The van der Waals surface area contributed by atoms with E-state index in [1.54, 1.807) is 29.2 Å². The van der Waals surface area contributed by atoms with Gasteiger partial charge in [0.25, 0.3) is 5.91 Å². The maximum atomic E-state index is 12.2. The van der Waals surface area contributed by atoms with Gasteiger partial charge < -0.3 is 20.1 Å². The van der Waals surface area contributed by atoms with Gasteiger partial charge in [-0.05, 0) is 37.8 Å². The van der Waals surface area contributed by atoms with Crippen molar-refractivity contribution < 1.29 is 24.2 Å². The Kier molecular flexibility index (Phi) is 5.21. The van der Waals surface area contributed by atoms with Gasteiger partial charge in [0.05, 0.1) is 5.92 Å². The van der Waals surface area contributed by atoms with Gasteiger partial charge in [-0.1, -0.05) is 6.07 Å². The summed E-state index contributed by atoms with van der Waals surface area (Å²) in [5, 5.41) is 11.8. The van der Waals surface area contributed by atoms with Crippen LogP contribution in [-0.2, 0) is 14.4 Å². The van der Waals surface area contributed by atoms with Gasteiger partial charge in [-0.15, -0.1) is 0 Å². The highest BCUT2D eigenvalue weighted by Gasteiger charge is 2.29. The average molecular weight is 346 g/mol. The van der Waals surface area contributed by atoms with Crippen LogP contribution in [0.25, 0.3) is 0 Å². The van der Waals surface area contributed by atoms with Gasteiger partial charge in [-0.25, -0.2) is 0 Å². The third-order valence-electron chi connectivity index (χ3n) is 4.61. The number of ether oxygens (including phenoxy) is 1. The normalized spacial score (nSPS) is 17.8. The number of amides is 2.